The molecule has 1 atom stereocenters. The number of anilines is 1. The molecule has 1 N–H and O–H groups in total. The van der Waals surface area contributed by atoms with E-state index in [-0.39, 0.29) is 17.3 Å². The number of nitro benzene ring substituents is 1. The molecule has 0 aliphatic carbocycles. The number of nitriles is 1. The van der Waals surface area contributed by atoms with Crippen LogP contribution in [-0.2, 0) is 6.42 Å². The molecule has 0 saturated heterocycles. The van der Waals surface area contributed by atoms with Gasteiger partial charge in [0.2, 0.25) is 0 Å². The third-order valence-electron chi connectivity index (χ3n) is 3.14. The predicted molar refractivity (Wildman–Crippen MR) is 77.9 cm³/mol. The zero-order valence-corrected chi connectivity index (χ0v) is 11.6. The van der Waals surface area contributed by atoms with Crippen LogP contribution < -0.4 is 5.32 Å². The summed E-state index contributed by atoms with van der Waals surface area (Å²) >= 11 is 0. The van der Waals surface area contributed by atoms with E-state index in [0.29, 0.717) is 5.69 Å². The summed E-state index contributed by atoms with van der Waals surface area (Å²) in [6.07, 6.45) is 3.25. The molecule has 1 heterocycles. The van der Waals surface area contributed by atoms with Crippen LogP contribution in [-0.4, -0.2) is 11.0 Å². The highest BCUT2D eigenvalue weighted by Crippen LogP contribution is 2.22. The molecule has 21 heavy (non-hydrogen) atoms. The highest BCUT2D eigenvalue weighted by molar-refractivity contribution is 5.61. The lowest BCUT2D eigenvalue weighted by atomic mass is 10.1. The molecule has 2 rings (SSSR count). The molecule has 2 aromatic rings. The minimum atomic E-state index is -0.509. The van der Waals surface area contributed by atoms with Crippen LogP contribution >= 0.6 is 0 Å². The molecule has 0 fully saturated rings. The summed E-state index contributed by atoms with van der Waals surface area (Å²) < 4.78 is 5.27. The quantitative estimate of drug-likeness (QED) is 0.647. The normalized spacial score (nSPS) is 11.6. The van der Waals surface area contributed by atoms with Crippen molar-refractivity contribution in [2.45, 2.75) is 25.8 Å². The van der Waals surface area contributed by atoms with E-state index in [4.69, 9.17) is 9.68 Å². The van der Waals surface area contributed by atoms with Crippen molar-refractivity contribution in [2.75, 3.05) is 5.32 Å². The summed E-state index contributed by atoms with van der Waals surface area (Å²) in [5.74, 6) is 0.910. The Hall–Kier alpha value is -2.81. The van der Waals surface area contributed by atoms with Gasteiger partial charge in [0.05, 0.1) is 22.4 Å². The summed E-state index contributed by atoms with van der Waals surface area (Å²) in [5, 5.41) is 23.0. The monoisotopic (exact) mass is 285 g/mol. The van der Waals surface area contributed by atoms with Crippen molar-refractivity contribution in [3.05, 3.63) is 58.0 Å². The maximum Gasteiger partial charge on any atom is 0.270 e. The minimum absolute atomic E-state index is 0.0830. The van der Waals surface area contributed by atoms with Crippen molar-refractivity contribution < 1.29 is 9.34 Å². The number of hydrogen-bond donors (Lipinski definition) is 1. The third-order valence-corrected chi connectivity index (χ3v) is 3.14. The Bertz CT molecular complexity index is 659. The van der Waals surface area contributed by atoms with Crippen molar-refractivity contribution in [1.82, 2.24) is 0 Å². The van der Waals surface area contributed by atoms with E-state index in [1.165, 1.54) is 12.1 Å². The molecule has 1 aromatic carbocycles. The Morgan fingerprint density at radius 3 is 2.90 bits per heavy atom. The highest BCUT2D eigenvalue weighted by Gasteiger charge is 2.12. The zero-order valence-electron chi connectivity index (χ0n) is 11.6. The number of nitrogens with one attached hydrogen (secondary N) is 1. The maximum atomic E-state index is 10.7. The van der Waals surface area contributed by atoms with E-state index in [2.05, 4.69) is 5.32 Å². The summed E-state index contributed by atoms with van der Waals surface area (Å²) in [4.78, 5) is 10.2. The lowest BCUT2D eigenvalue weighted by molar-refractivity contribution is -0.384. The zero-order chi connectivity index (χ0) is 15.2. The first-order valence-corrected chi connectivity index (χ1v) is 6.57. The molecule has 6 nitrogen and oxygen atoms in total. The molecule has 0 aliphatic rings. The van der Waals surface area contributed by atoms with Gasteiger partial charge in [-0.15, -0.1) is 0 Å². The predicted octanol–water partition coefficient (Wildman–Crippen LogP) is 3.49. The number of benzene rings is 1. The molecule has 0 radical (unpaired) electrons. The van der Waals surface area contributed by atoms with Crippen molar-refractivity contribution in [1.29, 1.82) is 5.26 Å². The summed E-state index contributed by atoms with van der Waals surface area (Å²) in [6.45, 7) is 1.99. The number of furan rings is 1. The lowest BCUT2D eigenvalue weighted by Gasteiger charge is -2.15. The number of hydrogen-bond acceptors (Lipinski definition) is 5. The van der Waals surface area contributed by atoms with Crippen molar-refractivity contribution >= 4 is 11.4 Å². The highest BCUT2D eigenvalue weighted by atomic mass is 16.6. The van der Waals surface area contributed by atoms with E-state index in [1.54, 1.807) is 12.3 Å². The van der Waals surface area contributed by atoms with Crippen LogP contribution in [0.1, 0.15) is 24.7 Å². The molecule has 108 valence electrons. The molecule has 0 amide bonds. The molecule has 0 aliphatic heterocycles. The maximum absolute atomic E-state index is 10.7. The number of nitrogens with zero attached hydrogens (tertiary/aromatic N) is 2. The molecule has 0 bridgehead atoms. The summed E-state index contributed by atoms with van der Waals surface area (Å²) in [6, 6.07) is 10.1. The molecular formula is C15H15N3O3. The number of non-ortho nitro benzene ring substituents is 1. The first-order chi connectivity index (χ1) is 10.1. The standard InChI is InChI=1S/C15H15N3O3/c1-11(4-6-14-3-2-8-21-14)17-15-7-5-13(18(19)20)9-12(15)10-16/h2-3,5,7-9,11,17H,4,6H2,1H3. The van der Waals surface area contributed by atoms with E-state index >= 15 is 0 Å². The SMILES string of the molecule is CC(CCc1ccco1)Nc1ccc([N+](=O)[O-])cc1C#N. The average molecular weight is 285 g/mol. The second-order valence-electron chi connectivity index (χ2n) is 4.76. The molecule has 1 aromatic heterocycles. The van der Waals surface area contributed by atoms with E-state index in [0.717, 1.165) is 18.6 Å². The first kappa shape index (κ1) is 14.6. The molecule has 0 saturated carbocycles. The van der Waals surface area contributed by atoms with Crippen LogP contribution in [0.15, 0.2) is 41.0 Å². The van der Waals surface area contributed by atoms with Crippen molar-refractivity contribution in [2.24, 2.45) is 0 Å². The van der Waals surface area contributed by atoms with E-state index in [9.17, 15) is 10.1 Å². The fourth-order valence-electron chi connectivity index (χ4n) is 2.02. The smallest absolute Gasteiger partial charge is 0.270 e. The lowest BCUT2D eigenvalue weighted by Crippen LogP contribution is -2.16. The number of nitro groups is 1. The van der Waals surface area contributed by atoms with Gasteiger partial charge in [-0.25, -0.2) is 0 Å². The van der Waals surface area contributed by atoms with Gasteiger partial charge in [-0.1, -0.05) is 0 Å². The van der Waals surface area contributed by atoms with Gasteiger partial charge >= 0.3 is 0 Å². The topological polar surface area (TPSA) is 92.1 Å². The minimum Gasteiger partial charge on any atom is -0.469 e. The first-order valence-electron chi connectivity index (χ1n) is 6.57. The van der Waals surface area contributed by atoms with Crippen LogP contribution in [0, 0.1) is 21.4 Å². The Kier molecular flexibility index (Phi) is 4.57. The Balaban J connectivity index is 2.01. The van der Waals surface area contributed by atoms with Gasteiger partial charge in [-0.3, -0.25) is 10.1 Å². The second kappa shape index (κ2) is 6.57. The summed E-state index contributed by atoms with van der Waals surface area (Å²) in [5.41, 5.74) is 0.796. The van der Waals surface area contributed by atoms with Crippen molar-refractivity contribution in [3.63, 3.8) is 0 Å². The van der Waals surface area contributed by atoms with Crippen LogP contribution in [0.3, 0.4) is 0 Å². The third kappa shape index (κ3) is 3.83. The molecule has 0 spiro atoms. The van der Waals surface area contributed by atoms with Crippen molar-refractivity contribution in [3.8, 4) is 6.07 Å². The van der Waals surface area contributed by atoms with Gasteiger partial charge in [-0.2, -0.15) is 5.26 Å². The van der Waals surface area contributed by atoms with Gasteiger partial charge in [0, 0.05) is 24.6 Å². The average Bonchev–Trinajstić information content (AvgIpc) is 2.98. The fourth-order valence-corrected chi connectivity index (χ4v) is 2.02. The van der Waals surface area contributed by atoms with Gasteiger partial charge in [0.1, 0.15) is 11.8 Å². The number of aryl methyl sites for hydroxylation is 1. The van der Waals surface area contributed by atoms with Gasteiger partial charge in [-0.05, 0) is 31.5 Å². The van der Waals surface area contributed by atoms with Crippen LogP contribution in [0.25, 0.3) is 0 Å². The van der Waals surface area contributed by atoms with Gasteiger partial charge in [0.25, 0.3) is 5.69 Å². The Labute approximate surface area is 122 Å². The van der Waals surface area contributed by atoms with Crippen LogP contribution in [0.5, 0.6) is 0 Å². The molecule has 1 unspecified atom stereocenters. The number of rotatable bonds is 6. The molecule has 6 heteroatoms. The van der Waals surface area contributed by atoms with Crippen LogP contribution in [0.4, 0.5) is 11.4 Å². The Morgan fingerprint density at radius 1 is 1.48 bits per heavy atom. The van der Waals surface area contributed by atoms with Crippen LogP contribution in [0.2, 0.25) is 0 Å². The van der Waals surface area contributed by atoms with Gasteiger partial charge < -0.3 is 9.73 Å². The van der Waals surface area contributed by atoms with Gasteiger partial charge in [0.15, 0.2) is 0 Å². The second-order valence-corrected chi connectivity index (χ2v) is 4.76. The molecular weight excluding hydrogens is 270 g/mol. The van der Waals surface area contributed by atoms with E-state index < -0.39 is 4.92 Å². The summed E-state index contributed by atoms with van der Waals surface area (Å²) in [7, 11) is 0. The van der Waals surface area contributed by atoms with E-state index in [1.807, 2.05) is 25.1 Å². The fraction of sp³-hybridized carbons (Fsp3) is 0.267. The largest absolute Gasteiger partial charge is 0.469 e. The Morgan fingerprint density at radius 2 is 2.29 bits per heavy atom.